The average molecular weight is 368 g/mol. The highest BCUT2D eigenvalue weighted by Gasteiger charge is 2.16. The summed E-state index contributed by atoms with van der Waals surface area (Å²) in [5.41, 5.74) is 1.72. The first-order valence-corrected chi connectivity index (χ1v) is 8.33. The van der Waals surface area contributed by atoms with E-state index < -0.39 is 23.2 Å². The van der Waals surface area contributed by atoms with E-state index in [-0.39, 0.29) is 5.69 Å². The topological polar surface area (TPSA) is 66.9 Å². The predicted molar refractivity (Wildman–Crippen MR) is 99.6 cm³/mol. The van der Waals surface area contributed by atoms with Crippen LogP contribution in [-0.2, 0) is 6.54 Å². The largest absolute Gasteiger partial charge is 0.366 e. The molecule has 1 aromatic heterocycles. The third-order valence-electron chi connectivity index (χ3n) is 3.87. The number of nitrogens with one attached hydrogen (secondary N) is 2. The van der Waals surface area contributed by atoms with Gasteiger partial charge < -0.3 is 10.6 Å². The zero-order valence-electron chi connectivity index (χ0n) is 14.9. The summed E-state index contributed by atoms with van der Waals surface area (Å²) in [6.07, 6.45) is 0. The molecule has 0 atom stereocenters. The molecule has 5 nitrogen and oxygen atoms in total. The van der Waals surface area contributed by atoms with Crippen molar-refractivity contribution in [3.8, 4) is 0 Å². The van der Waals surface area contributed by atoms with Gasteiger partial charge in [-0.2, -0.15) is 0 Å². The van der Waals surface area contributed by atoms with Crippen molar-refractivity contribution in [3.05, 3.63) is 82.8 Å². The SMILES string of the molecule is Cc1ccc(CNc2cc(C(=O)Nc3c(F)cccc3F)nc(C)n2)cc1. The third kappa shape index (κ3) is 4.63. The molecule has 27 heavy (non-hydrogen) atoms. The summed E-state index contributed by atoms with van der Waals surface area (Å²) in [6.45, 7) is 4.16. The van der Waals surface area contributed by atoms with Gasteiger partial charge in [-0.15, -0.1) is 0 Å². The lowest BCUT2D eigenvalue weighted by Crippen LogP contribution is -2.17. The summed E-state index contributed by atoms with van der Waals surface area (Å²) in [5, 5.41) is 5.35. The van der Waals surface area contributed by atoms with Crippen molar-refractivity contribution in [1.29, 1.82) is 0 Å². The highest BCUT2D eigenvalue weighted by Crippen LogP contribution is 2.19. The number of aryl methyl sites for hydroxylation is 2. The Hall–Kier alpha value is -3.35. The van der Waals surface area contributed by atoms with Crippen molar-refractivity contribution >= 4 is 17.4 Å². The minimum Gasteiger partial charge on any atom is -0.366 e. The van der Waals surface area contributed by atoms with Gasteiger partial charge in [0.25, 0.3) is 5.91 Å². The molecular weight excluding hydrogens is 350 g/mol. The van der Waals surface area contributed by atoms with Crippen molar-refractivity contribution < 1.29 is 13.6 Å². The monoisotopic (exact) mass is 368 g/mol. The molecule has 0 saturated heterocycles. The van der Waals surface area contributed by atoms with Crippen molar-refractivity contribution in [2.75, 3.05) is 10.6 Å². The Balaban J connectivity index is 1.76. The lowest BCUT2D eigenvalue weighted by atomic mass is 10.1. The molecule has 1 amide bonds. The summed E-state index contributed by atoms with van der Waals surface area (Å²) in [6, 6.07) is 12.8. The maximum absolute atomic E-state index is 13.7. The van der Waals surface area contributed by atoms with Gasteiger partial charge in [-0.25, -0.2) is 18.7 Å². The van der Waals surface area contributed by atoms with Crippen LogP contribution in [0, 0.1) is 25.5 Å². The van der Waals surface area contributed by atoms with Crippen LogP contribution in [-0.4, -0.2) is 15.9 Å². The van der Waals surface area contributed by atoms with E-state index >= 15 is 0 Å². The van der Waals surface area contributed by atoms with Crippen molar-refractivity contribution in [3.63, 3.8) is 0 Å². The summed E-state index contributed by atoms with van der Waals surface area (Å²) < 4.78 is 27.4. The Bertz CT molecular complexity index is 954. The van der Waals surface area contributed by atoms with Gasteiger partial charge in [-0.3, -0.25) is 4.79 Å². The molecule has 3 rings (SSSR count). The van der Waals surface area contributed by atoms with E-state index in [1.54, 1.807) is 6.92 Å². The number of anilines is 2. The molecule has 0 aliphatic carbocycles. The number of hydrogen-bond donors (Lipinski definition) is 2. The van der Waals surface area contributed by atoms with Crippen LogP contribution in [0.3, 0.4) is 0 Å². The predicted octanol–water partition coefficient (Wildman–Crippen LogP) is 4.24. The van der Waals surface area contributed by atoms with E-state index in [4.69, 9.17) is 0 Å². The molecule has 3 aromatic rings. The molecular formula is C20H18F2N4O. The maximum Gasteiger partial charge on any atom is 0.274 e. The number of carbonyl (C=O) groups is 1. The highest BCUT2D eigenvalue weighted by molar-refractivity contribution is 6.03. The number of para-hydroxylation sites is 1. The van der Waals surface area contributed by atoms with Crippen LogP contribution in [0.2, 0.25) is 0 Å². The summed E-state index contributed by atoms with van der Waals surface area (Å²) in [4.78, 5) is 20.7. The fraction of sp³-hybridized carbons (Fsp3) is 0.150. The molecule has 0 aliphatic rings. The lowest BCUT2D eigenvalue weighted by molar-refractivity contribution is 0.102. The van der Waals surface area contributed by atoms with Crippen LogP contribution < -0.4 is 10.6 Å². The smallest absolute Gasteiger partial charge is 0.274 e. The lowest BCUT2D eigenvalue weighted by Gasteiger charge is -2.10. The molecule has 138 valence electrons. The fourth-order valence-corrected chi connectivity index (χ4v) is 2.47. The number of hydrogen-bond acceptors (Lipinski definition) is 4. The van der Waals surface area contributed by atoms with Crippen LogP contribution in [0.4, 0.5) is 20.3 Å². The Morgan fingerprint density at radius 1 is 1.00 bits per heavy atom. The van der Waals surface area contributed by atoms with Gasteiger partial charge >= 0.3 is 0 Å². The van der Waals surface area contributed by atoms with Gasteiger partial charge in [-0.1, -0.05) is 35.9 Å². The number of halogens is 2. The van der Waals surface area contributed by atoms with E-state index in [9.17, 15) is 13.6 Å². The van der Waals surface area contributed by atoms with Gasteiger partial charge in [0.15, 0.2) is 0 Å². The van der Waals surface area contributed by atoms with Gasteiger partial charge in [0.2, 0.25) is 0 Å². The Kier molecular flexibility index (Phi) is 5.40. The minimum absolute atomic E-state index is 0.0107. The van der Waals surface area contributed by atoms with Gasteiger partial charge in [0.1, 0.15) is 34.7 Å². The standard InChI is InChI=1S/C20H18F2N4O/c1-12-6-8-14(9-7-12)11-23-18-10-17(24-13(2)25-18)20(27)26-19-15(21)4-3-5-16(19)22/h3-10H,11H2,1-2H3,(H,26,27)(H,23,24,25). The number of nitrogens with zero attached hydrogens (tertiary/aromatic N) is 2. The first-order valence-electron chi connectivity index (χ1n) is 8.33. The van der Waals surface area contributed by atoms with Crippen molar-refractivity contribution in [2.24, 2.45) is 0 Å². The van der Waals surface area contributed by atoms with E-state index in [0.717, 1.165) is 23.3 Å². The summed E-state index contributed by atoms with van der Waals surface area (Å²) in [5.74, 6) is -1.62. The second kappa shape index (κ2) is 7.90. The Morgan fingerprint density at radius 2 is 1.67 bits per heavy atom. The normalized spacial score (nSPS) is 10.5. The molecule has 0 aliphatic heterocycles. The van der Waals surface area contributed by atoms with Gasteiger partial charge in [0, 0.05) is 12.6 Å². The molecule has 1 heterocycles. The second-order valence-electron chi connectivity index (χ2n) is 6.08. The van der Waals surface area contributed by atoms with Crippen LogP contribution in [0.15, 0.2) is 48.5 Å². The average Bonchev–Trinajstić information content (AvgIpc) is 2.64. The summed E-state index contributed by atoms with van der Waals surface area (Å²) in [7, 11) is 0. The Labute approximate surface area is 155 Å². The highest BCUT2D eigenvalue weighted by atomic mass is 19.1. The molecule has 0 radical (unpaired) electrons. The number of rotatable bonds is 5. The van der Waals surface area contributed by atoms with Crippen LogP contribution >= 0.6 is 0 Å². The maximum atomic E-state index is 13.7. The van der Waals surface area contributed by atoms with Crippen molar-refractivity contribution in [1.82, 2.24) is 9.97 Å². The van der Waals surface area contributed by atoms with Gasteiger partial charge in [-0.05, 0) is 31.5 Å². The number of benzene rings is 2. The number of amides is 1. The van der Waals surface area contributed by atoms with Crippen molar-refractivity contribution in [2.45, 2.75) is 20.4 Å². The fourth-order valence-electron chi connectivity index (χ4n) is 2.47. The van der Waals surface area contributed by atoms with Crippen LogP contribution in [0.5, 0.6) is 0 Å². The molecule has 0 saturated carbocycles. The second-order valence-corrected chi connectivity index (χ2v) is 6.08. The van der Waals surface area contributed by atoms with E-state index in [1.165, 1.54) is 12.1 Å². The minimum atomic E-state index is -0.855. The molecule has 0 unspecified atom stereocenters. The molecule has 0 spiro atoms. The van der Waals surface area contributed by atoms with E-state index in [2.05, 4.69) is 20.6 Å². The third-order valence-corrected chi connectivity index (χ3v) is 3.87. The molecule has 2 N–H and O–H groups in total. The molecule has 0 bridgehead atoms. The number of carbonyl (C=O) groups excluding carboxylic acids is 1. The molecule has 2 aromatic carbocycles. The molecule has 0 fully saturated rings. The van der Waals surface area contributed by atoms with Crippen LogP contribution in [0.25, 0.3) is 0 Å². The number of aromatic nitrogens is 2. The quantitative estimate of drug-likeness (QED) is 0.707. The van der Waals surface area contributed by atoms with Crippen LogP contribution in [0.1, 0.15) is 27.4 Å². The zero-order chi connectivity index (χ0) is 19.4. The summed E-state index contributed by atoms with van der Waals surface area (Å²) >= 11 is 0. The van der Waals surface area contributed by atoms with E-state index in [1.807, 2.05) is 31.2 Å². The first-order chi connectivity index (χ1) is 12.9. The molecule has 7 heteroatoms. The Morgan fingerprint density at radius 3 is 2.33 bits per heavy atom. The first kappa shape index (κ1) is 18.4. The zero-order valence-corrected chi connectivity index (χ0v) is 14.9. The van der Waals surface area contributed by atoms with E-state index in [0.29, 0.717) is 18.2 Å². The van der Waals surface area contributed by atoms with Gasteiger partial charge in [0.05, 0.1) is 0 Å².